The predicted molar refractivity (Wildman–Crippen MR) is 339 cm³/mol. The lowest BCUT2D eigenvalue weighted by atomic mass is 10.0. The molecule has 0 aromatic heterocycles. The number of carbonyl (C=O) groups is 2. The summed E-state index contributed by atoms with van der Waals surface area (Å²) in [5.74, 6) is -0.552. The molecule has 9 nitrogen and oxygen atoms in total. The standard InChI is InChI=1S/C69H131N2O7P/c1-7-10-13-16-19-22-25-28-30-32-33-34-35-36-37-39-40-43-46-49-52-55-58-61-68(72)70-66(65-77-79(74,75)76-64-63-71(4,5)6)67(60-57-54-51-48-45-42-27-24-21-18-15-12-9-3)78-69(73)62-59-56-53-50-47-44-41-38-31-29-26-23-20-17-14-11-8-2/h20,23,29,31,41,44,57,60,66-67H,7-19,21-22,24-28,30,32-40,42-43,45-56,58-59,61-65H2,1-6H3,(H-,70,72,74,75)/b23-20-,31-29-,44-41-,60-57+. The van der Waals surface area contributed by atoms with Crippen LogP contribution < -0.4 is 10.2 Å². The van der Waals surface area contributed by atoms with Gasteiger partial charge in [-0.2, -0.15) is 0 Å². The molecule has 0 saturated carbocycles. The van der Waals surface area contributed by atoms with Gasteiger partial charge in [0, 0.05) is 12.8 Å². The fraction of sp³-hybridized carbons (Fsp3) is 0.855. The van der Waals surface area contributed by atoms with Crippen LogP contribution in [0.25, 0.3) is 0 Å². The van der Waals surface area contributed by atoms with Crippen molar-refractivity contribution in [1.29, 1.82) is 0 Å². The average molecular weight is 1130 g/mol. The Balaban J connectivity index is 5.16. The lowest BCUT2D eigenvalue weighted by Gasteiger charge is -2.30. The first-order chi connectivity index (χ1) is 38.4. The molecule has 10 heteroatoms. The second-order valence-electron chi connectivity index (χ2n) is 24.3. The van der Waals surface area contributed by atoms with Gasteiger partial charge < -0.3 is 28.5 Å². The molecule has 0 aromatic rings. The first-order valence-corrected chi connectivity index (χ1v) is 35.4. The van der Waals surface area contributed by atoms with Crippen LogP contribution in [0.2, 0.25) is 0 Å². The molecule has 3 unspecified atom stereocenters. The van der Waals surface area contributed by atoms with Crippen LogP contribution in [0.4, 0.5) is 0 Å². The van der Waals surface area contributed by atoms with Gasteiger partial charge in [0.15, 0.2) is 0 Å². The number of likely N-dealkylation sites (N-methyl/N-ethyl adjacent to an activating group) is 1. The highest BCUT2D eigenvalue weighted by Gasteiger charge is 2.27. The molecule has 0 saturated heterocycles. The van der Waals surface area contributed by atoms with E-state index in [1.54, 1.807) is 0 Å². The van der Waals surface area contributed by atoms with E-state index in [9.17, 15) is 19.0 Å². The van der Waals surface area contributed by atoms with E-state index in [4.69, 9.17) is 13.8 Å². The number of carbonyl (C=O) groups excluding carboxylic acids is 2. The first kappa shape index (κ1) is 77.0. The Hall–Kier alpha value is -2.03. The minimum absolute atomic E-state index is 0.0247. The number of amides is 1. The van der Waals surface area contributed by atoms with Crippen LogP contribution in [-0.2, 0) is 27.9 Å². The topological polar surface area (TPSA) is 114 Å². The maximum absolute atomic E-state index is 13.6. The van der Waals surface area contributed by atoms with Crippen LogP contribution in [0.3, 0.4) is 0 Å². The quantitative estimate of drug-likeness (QED) is 0.0212. The van der Waals surface area contributed by atoms with E-state index in [1.807, 2.05) is 33.3 Å². The lowest BCUT2D eigenvalue weighted by molar-refractivity contribution is -0.870. The van der Waals surface area contributed by atoms with Gasteiger partial charge in [0.1, 0.15) is 19.3 Å². The average Bonchev–Trinajstić information content (AvgIpc) is 3.41. The van der Waals surface area contributed by atoms with E-state index >= 15 is 0 Å². The highest BCUT2D eigenvalue weighted by atomic mass is 31.2. The van der Waals surface area contributed by atoms with Gasteiger partial charge in [-0.15, -0.1) is 0 Å². The maximum Gasteiger partial charge on any atom is 0.306 e. The van der Waals surface area contributed by atoms with E-state index in [1.165, 1.54) is 212 Å². The van der Waals surface area contributed by atoms with Crippen molar-refractivity contribution in [2.24, 2.45) is 0 Å². The third kappa shape index (κ3) is 60.4. The SMILES string of the molecule is CCCCC/C=C\C/C=C\C/C=C\CCCCCCC(=O)OC(/C=C/CCCCCCCCCCCCC)C(COP(=O)([O-])OCC[N+](C)(C)C)NC(=O)CCCCCCCCCCCCCCCCCCCCCCCCC. The van der Waals surface area contributed by atoms with Crippen LogP contribution in [0, 0.1) is 0 Å². The van der Waals surface area contributed by atoms with Crippen LogP contribution in [-0.4, -0.2) is 69.4 Å². The molecule has 0 aliphatic heterocycles. The number of esters is 1. The van der Waals surface area contributed by atoms with E-state index in [2.05, 4.69) is 62.5 Å². The first-order valence-electron chi connectivity index (χ1n) is 33.9. The molecule has 0 fully saturated rings. The molecule has 0 aromatic carbocycles. The summed E-state index contributed by atoms with van der Waals surface area (Å²) in [6.07, 6.45) is 73.7. The molecule has 0 rings (SSSR count). The van der Waals surface area contributed by atoms with E-state index in [0.717, 1.165) is 77.0 Å². The number of ether oxygens (including phenoxy) is 1. The van der Waals surface area contributed by atoms with Crippen LogP contribution in [0.1, 0.15) is 329 Å². The largest absolute Gasteiger partial charge is 0.756 e. The molecular weight excluding hydrogens is 1000 g/mol. The number of quaternary nitrogens is 1. The Morgan fingerprint density at radius 3 is 1.18 bits per heavy atom. The second-order valence-corrected chi connectivity index (χ2v) is 25.7. The van der Waals surface area contributed by atoms with Crippen molar-refractivity contribution >= 4 is 19.7 Å². The van der Waals surface area contributed by atoms with Crippen molar-refractivity contribution in [1.82, 2.24) is 5.32 Å². The Bertz CT molecular complexity index is 1490. The fourth-order valence-electron chi connectivity index (χ4n) is 10.0. The minimum atomic E-state index is -4.71. The number of phosphoric acid groups is 1. The number of hydrogen-bond acceptors (Lipinski definition) is 7. The summed E-state index contributed by atoms with van der Waals surface area (Å²) in [6.45, 7) is 6.85. The summed E-state index contributed by atoms with van der Waals surface area (Å²) >= 11 is 0. The van der Waals surface area contributed by atoms with Gasteiger partial charge in [0.2, 0.25) is 5.91 Å². The number of phosphoric ester groups is 1. The predicted octanol–water partition coefficient (Wildman–Crippen LogP) is 20.6. The van der Waals surface area contributed by atoms with Gasteiger partial charge in [-0.05, 0) is 70.3 Å². The summed E-state index contributed by atoms with van der Waals surface area (Å²) in [7, 11) is 1.18. The smallest absolute Gasteiger partial charge is 0.306 e. The number of hydrogen-bond donors (Lipinski definition) is 1. The molecule has 464 valence electrons. The number of nitrogens with zero attached hydrogens (tertiary/aromatic N) is 1. The van der Waals surface area contributed by atoms with Gasteiger partial charge in [0.05, 0.1) is 33.8 Å². The maximum atomic E-state index is 13.6. The summed E-state index contributed by atoms with van der Waals surface area (Å²) in [6, 6.07) is -0.896. The van der Waals surface area contributed by atoms with Gasteiger partial charge >= 0.3 is 5.97 Å². The monoisotopic (exact) mass is 1130 g/mol. The molecule has 0 bridgehead atoms. The molecule has 0 radical (unpaired) electrons. The molecule has 3 atom stereocenters. The van der Waals surface area contributed by atoms with E-state index < -0.39 is 26.6 Å². The number of allylic oxidation sites excluding steroid dienone is 7. The molecular formula is C69H131N2O7P. The van der Waals surface area contributed by atoms with Crippen molar-refractivity contribution in [2.75, 3.05) is 40.9 Å². The second kappa shape index (κ2) is 59.1. The van der Waals surface area contributed by atoms with Crippen molar-refractivity contribution in [3.63, 3.8) is 0 Å². The zero-order valence-electron chi connectivity index (χ0n) is 53.1. The Morgan fingerprint density at radius 2 is 0.772 bits per heavy atom. The molecule has 0 aliphatic rings. The number of unbranched alkanes of at least 4 members (excludes halogenated alkanes) is 40. The van der Waals surface area contributed by atoms with Gasteiger partial charge in [-0.3, -0.25) is 14.2 Å². The number of nitrogens with one attached hydrogen (secondary N) is 1. The third-order valence-electron chi connectivity index (χ3n) is 15.3. The van der Waals surface area contributed by atoms with Crippen LogP contribution >= 0.6 is 7.82 Å². The van der Waals surface area contributed by atoms with E-state index in [-0.39, 0.29) is 24.9 Å². The Morgan fingerprint density at radius 1 is 0.443 bits per heavy atom. The summed E-state index contributed by atoms with van der Waals surface area (Å²) in [4.78, 5) is 40.1. The summed E-state index contributed by atoms with van der Waals surface area (Å²) < 4.78 is 30.4. The zero-order valence-corrected chi connectivity index (χ0v) is 54.0. The molecule has 79 heavy (non-hydrogen) atoms. The Labute approximate surface area is 490 Å². The van der Waals surface area contributed by atoms with Crippen molar-refractivity contribution in [2.45, 2.75) is 341 Å². The summed E-state index contributed by atoms with van der Waals surface area (Å²) in [5, 5.41) is 3.04. The third-order valence-corrected chi connectivity index (χ3v) is 16.2. The molecule has 0 spiro atoms. The normalized spacial score (nSPS) is 13.9. The molecule has 1 amide bonds. The van der Waals surface area contributed by atoms with Crippen molar-refractivity contribution in [3.05, 3.63) is 48.6 Å². The Kier molecular flexibility index (Phi) is 57.6. The van der Waals surface area contributed by atoms with Crippen molar-refractivity contribution < 1.29 is 37.3 Å². The summed E-state index contributed by atoms with van der Waals surface area (Å²) in [5.41, 5.74) is 0. The highest BCUT2D eigenvalue weighted by molar-refractivity contribution is 7.45. The van der Waals surface area contributed by atoms with Gasteiger partial charge in [-0.1, -0.05) is 294 Å². The zero-order chi connectivity index (χ0) is 57.9. The molecule has 1 N–H and O–H groups in total. The van der Waals surface area contributed by atoms with Gasteiger partial charge in [-0.25, -0.2) is 0 Å². The van der Waals surface area contributed by atoms with Crippen LogP contribution in [0.5, 0.6) is 0 Å². The molecule has 0 heterocycles. The number of rotatable bonds is 62. The van der Waals surface area contributed by atoms with Gasteiger partial charge in [0.25, 0.3) is 7.82 Å². The van der Waals surface area contributed by atoms with Crippen molar-refractivity contribution in [3.8, 4) is 0 Å². The van der Waals surface area contributed by atoms with E-state index in [0.29, 0.717) is 23.9 Å². The fourth-order valence-corrected chi connectivity index (χ4v) is 10.7. The minimum Gasteiger partial charge on any atom is -0.756 e. The highest BCUT2D eigenvalue weighted by Crippen LogP contribution is 2.38. The lowest BCUT2D eigenvalue weighted by Crippen LogP contribution is -2.47. The van der Waals surface area contributed by atoms with Crippen LogP contribution in [0.15, 0.2) is 48.6 Å². The molecule has 0 aliphatic carbocycles.